The smallest absolute Gasteiger partial charge is 0.235 e. The van der Waals surface area contributed by atoms with Crippen LogP contribution in [-0.2, 0) is 10.0 Å². The van der Waals surface area contributed by atoms with Gasteiger partial charge in [-0.3, -0.25) is 4.72 Å². The molecule has 0 radical (unpaired) electrons. The average Bonchev–Trinajstić information content (AvgIpc) is 2.78. The fourth-order valence-electron chi connectivity index (χ4n) is 3.06. The second kappa shape index (κ2) is 8.66. The highest BCUT2D eigenvalue weighted by atomic mass is 32.2. The molecule has 11 heteroatoms. The Bertz CT molecular complexity index is 1460. The van der Waals surface area contributed by atoms with Crippen molar-refractivity contribution in [1.82, 2.24) is 15.0 Å². The zero-order valence-electron chi connectivity index (χ0n) is 17.5. The molecule has 0 saturated heterocycles. The maximum atomic E-state index is 15.1. The Balaban J connectivity index is 1.79. The summed E-state index contributed by atoms with van der Waals surface area (Å²) in [5.41, 5.74) is 0.126. The van der Waals surface area contributed by atoms with E-state index < -0.39 is 44.2 Å². The number of pyridine rings is 1. The van der Waals surface area contributed by atoms with Gasteiger partial charge in [0.2, 0.25) is 16.0 Å². The van der Waals surface area contributed by atoms with Crippen LogP contribution < -0.4 is 10.0 Å². The van der Waals surface area contributed by atoms with Crippen molar-refractivity contribution in [3.8, 4) is 11.1 Å². The van der Waals surface area contributed by atoms with Crippen LogP contribution in [0.4, 0.5) is 30.4 Å². The van der Waals surface area contributed by atoms with Gasteiger partial charge in [-0.1, -0.05) is 6.07 Å². The van der Waals surface area contributed by atoms with E-state index in [2.05, 4.69) is 25.0 Å². The molecule has 0 saturated carbocycles. The summed E-state index contributed by atoms with van der Waals surface area (Å²) in [5.74, 6) is -2.72. The van der Waals surface area contributed by atoms with E-state index in [9.17, 15) is 17.2 Å². The molecule has 0 spiro atoms. The van der Waals surface area contributed by atoms with E-state index in [1.165, 1.54) is 26.4 Å². The number of aromatic nitrogens is 3. The first kappa shape index (κ1) is 22.5. The highest BCUT2D eigenvalue weighted by Gasteiger charge is 2.22. The van der Waals surface area contributed by atoms with E-state index in [-0.39, 0.29) is 11.4 Å². The van der Waals surface area contributed by atoms with E-state index in [0.29, 0.717) is 16.5 Å². The van der Waals surface area contributed by atoms with Crippen molar-refractivity contribution < 1.29 is 21.6 Å². The van der Waals surface area contributed by atoms with E-state index in [1.807, 2.05) is 0 Å². The zero-order chi connectivity index (χ0) is 23.8. The van der Waals surface area contributed by atoms with E-state index in [0.717, 1.165) is 12.1 Å². The van der Waals surface area contributed by atoms with Crippen LogP contribution in [0.1, 0.15) is 13.8 Å². The number of benzene rings is 2. The molecule has 2 aromatic carbocycles. The lowest BCUT2D eigenvalue weighted by Crippen LogP contribution is -2.23. The lowest BCUT2D eigenvalue weighted by molar-refractivity contribution is 0.585. The van der Waals surface area contributed by atoms with Gasteiger partial charge in [-0.15, -0.1) is 0 Å². The van der Waals surface area contributed by atoms with Gasteiger partial charge in [0.05, 0.1) is 16.5 Å². The second-order valence-electron chi connectivity index (χ2n) is 7.40. The van der Waals surface area contributed by atoms with Gasteiger partial charge in [0, 0.05) is 17.1 Å². The number of nitrogens with zero attached hydrogens (tertiary/aromatic N) is 3. The number of rotatable bonds is 6. The van der Waals surface area contributed by atoms with E-state index in [1.54, 1.807) is 30.3 Å². The summed E-state index contributed by atoms with van der Waals surface area (Å²) in [4.78, 5) is 11.8. The maximum absolute atomic E-state index is 15.1. The number of hydrogen-bond donors (Lipinski definition) is 2. The monoisotopic (exact) mass is 473 g/mol. The summed E-state index contributed by atoms with van der Waals surface area (Å²) in [7, 11) is -3.86. The molecular weight excluding hydrogens is 455 g/mol. The molecule has 2 heterocycles. The summed E-state index contributed by atoms with van der Waals surface area (Å²) in [5, 5.41) is 2.13. The number of anilines is 3. The quantitative estimate of drug-likeness (QED) is 0.383. The van der Waals surface area contributed by atoms with Crippen molar-refractivity contribution in [2.24, 2.45) is 0 Å². The molecule has 33 heavy (non-hydrogen) atoms. The number of halogens is 3. The fraction of sp³-hybridized carbons (Fsp3) is 0.136. The predicted octanol–water partition coefficient (Wildman–Crippen LogP) is 5.00. The highest BCUT2D eigenvalue weighted by Crippen LogP contribution is 2.33. The third-order valence-electron chi connectivity index (χ3n) is 4.91. The van der Waals surface area contributed by atoms with Crippen LogP contribution >= 0.6 is 0 Å². The van der Waals surface area contributed by atoms with Gasteiger partial charge in [-0.2, -0.15) is 4.39 Å². The van der Waals surface area contributed by atoms with Crippen molar-refractivity contribution in [1.29, 1.82) is 0 Å². The van der Waals surface area contributed by atoms with Crippen LogP contribution in [0.5, 0.6) is 0 Å². The van der Waals surface area contributed by atoms with Gasteiger partial charge < -0.3 is 5.32 Å². The van der Waals surface area contributed by atoms with Crippen LogP contribution in [0.2, 0.25) is 0 Å². The largest absolute Gasteiger partial charge is 0.335 e. The van der Waals surface area contributed by atoms with Crippen LogP contribution in [0.15, 0.2) is 55.0 Å². The lowest BCUT2D eigenvalue weighted by Gasteiger charge is -2.15. The molecule has 4 rings (SSSR count). The Morgan fingerprint density at radius 3 is 2.48 bits per heavy atom. The van der Waals surface area contributed by atoms with E-state index >= 15 is 4.39 Å². The first-order chi connectivity index (χ1) is 15.7. The normalized spacial score (nSPS) is 11.7. The van der Waals surface area contributed by atoms with Gasteiger partial charge in [0.1, 0.15) is 23.6 Å². The summed E-state index contributed by atoms with van der Waals surface area (Å²) in [6, 6.07) is 9.88. The minimum absolute atomic E-state index is 0.0489. The standard InChI is InChI=1S/C22H18F3N5O2S/c1-12(2)33(31,32)30-18-8-6-16(23)20(19(18)24)29-22-15-10-13(5-7-17(15)27-11-28-22)14-4-3-9-26-21(14)25/h3-12,30H,1-2H3,(H,27,28,29). The molecule has 2 N–H and O–H groups in total. The molecule has 0 aliphatic rings. The van der Waals surface area contributed by atoms with Crippen LogP contribution in [0.3, 0.4) is 0 Å². The van der Waals surface area contributed by atoms with Gasteiger partial charge >= 0.3 is 0 Å². The van der Waals surface area contributed by atoms with Crippen molar-refractivity contribution in [2.75, 3.05) is 10.0 Å². The molecule has 7 nitrogen and oxygen atoms in total. The van der Waals surface area contributed by atoms with Crippen molar-refractivity contribution >= 4 is 38.1 Å². The predicted molar refractivity (Wildman–Crippen MR) is 120 cm³/mol. The summed E-state index contributed by atoms with van der Waals surface area (Å²) in [6.45, 7) is 2.86. The molecule has 0 aliphatic carbocycles. The minimum atomic E-state index is -3.86. The topological polar surface area (TPSA) is 96.9 Å². The minimum Gasteiger partial charge on any atom is -0.335 e. The van der Waals surface area contributed by atoms with Gasteiger partial charge in [-0.25, -0.2) is 32.2 Å². The average molecular weight is 473 g/mol. The Kier molecular flexibility index (Phi) is 5.90. The molecule has 0 unspecified atom stereocenters. The van der Waals surface area contributed by atoms with Crippen molar-refractivity contribution in [3.05, 3.63) is 72.6 Å². The Morgan fingerprint density at radius 2 is 1.76 bits per heavy atom. The molecule has 4 aromatic rings. The van der Waals surface area contributed by atoms with Gasteiger partial charge in [0.15, 0.2) is 5.82 Å². The number of hydrogen-bond acceptors (Lipinski definition) is 6. The first-order valence-corrected chi connectivity index (χ1v) is 11.3. The van der Waals surface area contributed by atoms with Gasteiger partial charge in [-0.05, 0) is 55.8 Å². The van der Waals surface area contributed by atoms with Gasteiger partial charge in [0.25, 0.3) is 0 Å². The molecular formula is C22H18F3N5O2S. The second-order valence-corrected chi connectivity index (χ2v) is 9.64. The molecule has 0 atom stereocenters. The zero-order valence-corrected chi connectivity index (χ0v) is 18.3. The third-order valence-corrected chi connectivity index (χ3v) is 6.66. The third kappa shape index (κ3) is 4.44. The lowest BCUT2D eigenvalue weighted by atomic mass is 10.0. The Labute approximate surface area is 187 Å². The molecule has 170 valence electrons. The molecule has 0 aliphatic heterocycles. The highest BCUT2D eigenvalue weighted by molar-refractivity contribution is 7.93. The Morgan fingerprint density at radius 1 is 0.970 bits per heavy atom. The van der Waals surface area contributed by atoms with Crippen molar-refractivity contribution in [3.63, 3.8) is 0 Å². The maximum Gasteiger partial charge on any atom is 0.235 e. The summed E-state index contributed by atoms with van der Waals surface area (Å²) >= 11 is 0. The number of sulfonamides is 1. The SMILES string of the molecule is CC(C)S(=O)(=O)Nc1ccc(F)c(Nc2ncnc3ccc(-c4cccnc4F)cc23)c1F. The molecule has 2 aromatic heterocycles. The first-order valence-electron chi connectivity index (χ1n) is 9.79. The molecule has 0 bridgehead atoms. The Hall–Kier alpha value is -3.73. The van der Waals surface area contributed by atoms with E-state index in [4.69, 9.17) is 0 Å². The summed E-state index contributed by atoms with van der Waals surface area (Å²) < 4.78 is 70.1. The molecule has 0 amide bonds. The molecule has 0 fully saturated rings. The number of nitrogens with one attached hydrogen (secondary N) is 2. The van der Waals surface area contributed by atoms with Crippen molar-refractivity contribution in [2.45, 2.75) is 19.1 Å². The van der Waals surface area contributed by atoms with Crippen LogP contribution in [0, 0.1) is 17.6 Å². The fourth-order valence-corrected chi connectivity index (χ4v) is 3.76. The van der Waals surface area contributed by atoms with Crippen LogP contribution in [0.25, 0.3) is 22.0 Å². The van der Waals surface area contributed by atoms with Crippen LogP contribution in [-0.4, -0.2) is 28.6 Å². The summed E-state index contributed by atoms with van der Waals surface area (Å²) in [6.07, 6.45) is 2.53. The number of fused-ring (bicyclic) bond motifs is 1.